The highest BCUT2D eigenvalue weighted by Crippen LogP contribution is 2.28. The van der Waals surface area contributed by atoms with Gasteiger partial charge in [-0.05, 0) is 61.4 Å². The van der Waals surface area contributed by atoms with Crippen LogP contribution in [0.5, 0.6) is 0 Å². The average molecular weight is 512 g/mol. The van der Waals surface area contributed by atoms with Gasteiger partial charge in [-0.2, -0.15) is 5.10 Å². The molecule has 37 heavy (non-hydrogen) atoms. The lowest BCUT2D eigenvalue weighted by molar-refractivity contribution is -0.139. The SMILES string of the molecule is CC(C)c1c(C(=O)NCCc2ccccc2)nn(-c2ccc(F)cc2)c1CCC(O)CC(O)CC(=O)O. The van der Waals surface area contributed by atoms with E-state index in [1.54, 1.807) is 16.8 Å². The number of hydrogen-bond donors (Lipinski definition) is 4. The summed E-state index contributed by atoms with van der Waals surface area (Å²) in [6.45, 7) is 4.33. The van der Waals surface area contributed by atoms with E-state index in [9.17, 15) is 24.2 Å². The molecule has 0 radical (unpaired) electrons. The zero-order chi connectivity index (χ0) is 26.9. The molecule has 1 amide bonds. The number of hydrogen-bond acceptors (Lipinski definition) is 5. The Bertz CT molecular complexity index is 1180. The smallest absolute Gasteiger partial charge is 0.305 e. The fourth-order valence-corrected chi connectivity index (χ4v) is 4.34. The first-order valence-corrected chi connectivity index (χ1v) is 12.4. The number of rotatable bonds is 13. The first-order valence-electron chi connectivity index (χ1n) is 12.4. The summed E-state index contributed by atoms with van der Waals surface area (Å²) in [5, 5.41) is 36.7. The van der Waals surface area contributed by atoms with Gasteiger partial charge in [0.1, 0.15) is 5.82 Å². The predicted molar refractivity (Wildman–Crippen MR) is 137 cm³/mol. The molecule has 2 atom stereocenters. The van der Waals surface area contributed by atoms with Crippen LogP contribution in [0.4, 0.5) is 4.39 Å². The van der Waals surface area contributed by atoms with Gasteiger partial charge in [-0.3, -0.25) is 9.59 Å². The molecule has 9 heteroatoms. The maximum Gasteiger partial charge on any atom is 0.305 e. The van der Waals surface area contributed by atoms with Gasteiger partial charge in [0.25, 0.3) is 5.91 Å². The first-order chi connectivity index (χ1) is 17.7. The molecule has 0 spiro atoms. The maximum absolute atomic E-state index is 13.6. The first kappa shape index (κ1) is 28.0. The van der Waals surface area contributed by atoms with Crippen molar-refractivity contribution in [3.63, 3.8) is 0 Å². The molecule has 8 nitrogen and oxygen atoms in total. The number of carboxylic acid groups (broad SMARTS) is 1. The Kier molecular flexibility index (Phi) is 9.93. The largest absolute Gasteiger partial charge is 0.481 e. The van der Waals surface area contributed by atoms with Crippen LogP contribution < -0.4 is 5.32 Å². The minimum Gasteiger partial charge on any atom is -0.481 e. The lowest BCUT2D eigenvalue weighted by Crippen LogP contribution is -2.27. The van der Waals surface area contributed by atoms with Crippen LogP contribution >= 0.6 is 0 Å². The lowest BCUT2D eigenvalue weighted by atomic mass is 9.95. The number of carboxylic acids is 1. The quantitative estimate of drug-likeness (QED) is 0.278. The molecule has 0 fully saturated rings. The number of halogens is 1. The second kappa shape index (κ2) is 13.1. The van der Waals surface area contributed by atoms with Gasteiger partial charge in [-0.1, -0.05) is 44.2 Å². The Hall–Kier alpha value is -3.56. The molecule has 0 bridgehead atoms. The van der Waals surface area contributed by atoms with Crippen molar-refractivity contribution in [1.82, 2.24) is 15.1 Å². The van der Waals surface area contributed by atoms with Crippen molar-refractivity contribution in [1.29, 1.82) is 0 Å². The van der Waals surface area contributed by atoms with Crippen molar-refractivity contribution < 1.29 is 29.3 Å². The van der Waals surface area contributed by atoms with Crippen molar-refractivity contribution in [3.05, 3.63) is 82.9 Å². The van der Waals surface area contributed by atoms with E-state index in [0.717, 1.165) is 11.1 Å². The van der Waals surface area contributed by atoms with Gasteiger partial charge in [0.2, 0.25) is 0 Å². The number of benzene rings is 2. The molecule has 4 N–H and O–H groups in total. The molecule has 2 aromatic carbocycles. The van der Waals surface area contributed by atoms with Crippen LogP contribution in [0.2, 0.25) is 0 Å². The zero-order valence-electron chi connectivity index (χ0n) is 21.1. The van der Waals surface area contributed by atoms with Gasteiger partial charge in [0.15, 0.2) is 5.69 Å². The Morgan fingerprint density at radius 3 is 2.30 bits per heavy atom. The Balaban J connectivity index is 1.85. The average Bonchev–Trinajstić information content (AvgIpc) is 3.23. The fourth-order valence-electron chi connectivity index (χ4n) is 4.34. The molecule has 0 aliphatic heterocycles. The topological polar surface area (TPSA) is 125 Å². The monoisotopic (exact) mass is 511 g/mol. The third-order valence-electron chi connectivity index (χ3n) is 6.10. The van der Waals surface area contributed by atoms with E-state index in [0.29, 0.717) is 30.8 Å². The summed E-state index contributed by atoms with van der Waals surface area (Å²) in [4.78, 5) is 24.0. The van der Waals surface area contributed by atoms with Gasteiger partial charge in [0, 0.05) is 17.8 Å². The van der Waals surface area contributed by atoms with Crippen LogP contribution in [0.1, 0.15) is 66.3 Å². The summed E-state index contributed by atoms with van der Waals surface area (Å²) in [7, 11) is 0. The number of carbonyl (C=O) groups is 2. The molecule has 2 unspecified atom stereocenters. The highest BCUT2D eigenvalue weighted by atomic mass is 19.1. The van der Waals surface area contributed by atoms with E-state index in [1.807, 2.05) is 44.2 Å². The number of carbonyl (C=O) groups excluding carboxylic acids is 1. The molecular formula is C28H34FN3O5. The summed E-state index contributed by atoms with van der Waals surface area (Å²) in [6.07, 6.45) is -1.44. The van der Waals surface area contributed by atoms with E-state index in [-0.39, 0.29) is 30.4 Å². The molecular weight excluding hydrogens is 477 g/mol. The van der Waals surface area contributed by atoms with Crippen molar-refractivity contribution in [2.24, 2.45) is 0 Å². The van der Waals surface area contributed by atoms with Gasteiger partial charge in [-0.25, -0.2) is 9.07 Å². The molecule has 1 aromatic heterocycles. The second-order valence-corrected chi connectivity index (χ2v) is 9.42. The summed E-state index contributed by atoms with van der Waals surface area (Å²) in [5.74, 6) is -1.93. The summed E-state index contributed by atoms with van der Waals surface area (Å²) in [6, 6.07) is 15.6. The summed E-state index contributed by atoms with van der Waals surface area (Å²) < 4.78 is 15.2. The number of aliphatic hydroxyl groups is 2. The number of aliphatic carboxylic acids is 1. The Labute approximate surface area is 215 Å². The van der Waals surface area contributed by atoms with Crippen LogP contribution in [0, 0.1) is 5.82 Å². The molecule has 1 heterocycles. The predicted octanol–water partition coefficient (Wildman–Crippen LogP) is 3.63. The second-order valence-electron chi connectivity index (χ2n) is 9.42. The van der Waals surface area contributed by atoms with E-state index in [4.69, 9.17) is 5.11 Å². The van der Waals surface area contributed by atoms with Crippen LogP contribution in [-0.2, 0) is 17.6 Å². The van der Waals surface area contributed by atoms with Crippen LogP contribution in [-0.4, -0.2) is 55.7 Å². The summed E-state index contributed by atoms with van der Waals surface area (Å²) >= 11 is 0. The number of nitrogens with one attached hydrogen (secondary N) is 1. The number of nitrogens with zero attached hydrogens (tertiary/aromatic N) is 2. The van der Waals surface area contributed by atoms with Crippen LogP contribution in [0.3, 0.4) is 0 Å². The highest BCUT2D eigenvalue weighted by molar-refractivity contribution is 5.94. The van der Waals surface area contributed by atoms with E-state index < -0.39 is 30.4 Å². The molecule has 0 saturated carbocycles. The number of amides is 1. The molecule has 198 valence electrons. The lowest BCUT2D eigenvalue weighted by Gasteiger charge is -2.16. The number of aromatic nitrogens is 2. The van der Waals surface area contributed by atoms with E-state index in [1.165, 1.54) is 12.1 Å². The maximum atomic E-state index is 13.6. The van der Waals surface area contributed by atoms with Gasteiger partial charge >= 0.3 is 5.97 Å². The molecule has 3 rings (SSSR count). The third kappa shape index (κ3) is 7.96. The molecule has 0 aliphatic carbocycles. The van der Waals surface area contributed by atoms with Crippen molar-refractivity contribution >= 4 is 11.9 Å². The van der Waals surface area contributed by atoms with Gasteiger partial charge in [0.05, 0.1) is 24.3 Å². The van der Waals surface area contributed by atoms with Crippen molar-refractivity contribution in [3.8, 4) is 5.69 Å². The minimum atomic E-state index is -1.16. The van der Waals surface area contributed by atoms with Crippen LogP contribution in [0.25, 0.3) is 5.69 Å². The Morgan fingerprint density at radius 1 is 1.00 bits per heavy atom. The highest BCUT2D eigenvalue weighted by Gasteiger charge is 2.26. The fraction of sp³-hybridized carbons (Fsp3) is 0.393. The zero-order valence-corrected chi connectivity index (χ0v) is 21.1. The van der Waals surface area contributed by atoms with Crippen LogP contribution in [0.15, 0.2) is 54.6 Å². The van der Waals surface area contributed by atoms with Crippen molar-refractivity contribution in [2.45, 2.75) is 64.1 Å². The van der Waals surface area contributed by atoms with Crippen molar-refractivity contribution in [2.75, 3.05) is 6.54 Å². The van der Waals surface area contributed by atoms with E-state index >= 15 is 0 Å². The number of aliphatic hydroxyl groups excluding tert-OH is 2. The molecule has 0 aliphatic rings. The third-order valence-corrected chi connectivity index (χ3v) is 6.10. The molecule has 3 aromatic rings. The van der Waals surface area contributed by atoms with E-state index in [2.05, 4.69) is 10.4 Å². The minimum absolute atomic E-state index is 0.0752. The Morgan fingerprint density at radius 2 is 1.68 bits per heavy atom. The summed E-state index contributed by atoms with van der Waals surface area (Å²) in [5.41, 5.74) is 3.36. The molecule has 0 saturated heterocycles. The van der Waals surface area contributed by atoms with Gasteiger partial charge in [-0.15, -0.1) is 0 Å². The standard InChI is InChI=1S/C28H34FN3O5/c1-18(2)26-24(13-12-22(33)16-23(34)17-25(35)36)32(21-10-8-20(29)9-11-21)31-27(26)28(37)30-15-14-19-6-4-3-5-7-19/h3-11,18,22-23,33-34H,12-17H2,1-2H3,(H,30,37)(H,35,36). The van der Waals surface area contributed by atoms with Gasteiger partial charge < -0.3 is 20.6 Å². The normalized spacial score (nSPS) is 12.9.